The van der Waals surface area contributed by atoms with Crippen LogP contribution in [0.1, 0.15) is 27.1 Å². The van der Waals surface area contributed by atoms with Gasteiger partial charge in [0.25, 0.3) is 5.91 Å². The first-order valence-electron chi connectivity index (χ1n) is 8.24. The van der Waals surface area contributed by atoms with Crippen molar-refractivity contribution in [1.29, 1.82) is 0 Å². The number of aromatic nitrogens is 2. The summed E-state index contributed by atoms with van der Waals surface area (Å²) in [4.78, 5) is 21.2. The highest BCUT2D eigenvalue weighted by Crippen LogP contribution is 2.24. The Labute approximate surface area is 159 Å². The van der Waals surface area contributed by atoms with Gasteiger partial charge in [-0.3, -0.25) is 4.79 Å². The molecule has 0 aliphatic heterocycles. The van der Waals surface area contributed by atoms with Gasteiger partial charge in [-0.25, -0.2) is 4.98 Å². The Morgan fingerprint density at radius 1 is 1.08 bits per heavy atom. The lowest BCUT2D eigenvalue weighted by atomic mass is 10.1. The van der Waals surface area contributed by atoms with Crippen LogP contribution < -0.4 is 5.32 Å². The number of hydrogen-bond acceptors (Lipinski definition) is 3. The van der Waals surface area contributed by atoms with E-state index in [-0.39, 0.29) is 11.9 Å². The van der Waals surface area contributed by atoms with Crippen LogP contribution in [-0.2, 0) is 6.42 Å². The lowest BCUT2D eigenvalue weighted by Crippen LogP contribution is -2.30. The van der Waals surface area contributed by atoms with Gasteiger partial charge in [0.1, 0.15) is 5.82 Å². The standard InChI is InChI=1S/C20H16ClN3OS/c21-18-11-10-17(26-18)20(25)24-16(12-13-6-2-1-3-7-13)19-22-14-8-4-5-9-15(14)23-19/h1-11,16H,12H2,(H,22,23)(H,24,25)/t16-/m0/s1. The third kappa shape index (κ3) is 3.64. The summed E-state index contributed by atoms with van der Waals surface area (Å²) in [5.74, 6) is 0.592. The summed E-state index contributed by atoms with van der Waals surface area (Å²) in [6.45, 7) is 0. The molecule has 4 nitrogen and oxygen atoms in total. The maximum atomic E-state index is 12.6. The molecular weight excluding hydrogens is 366 g/mol. The van der Waals surface area contributed by atoms with E-state index in [2.05, 4.69) is 15.3 Å². The summed E-state index contributed by atoms with van der Waals surface area (Å²) >= 11 is 7.23. The quantitative estimate of drug-likeness (QED) is 0.511. The molecule has 0 bridgehead atoms. The summed E-state index contributed by atoms with van der Waals surface area (Å²) in [7, 11) is 0. The van der Waals surface area contributed by atoms with Crippen molar-refractivity contribution < 1.29 is 4.79 Å². The van der Waals surface area contributed by atoms with Gasteiger partial charge >= 0.3 is 0 Å². The summed E-state index contributed by atoms with van der Waals surface area (Å²) in [6, 6.07) is 21.1. The van der Waals surface area contributed by atoms with E-state index in [9.17, 15) is 4.79 Å². The van der Waals surface area contributed by atoms with Crippen molar-refractivity contribution in [2.45, 2.75) is 12.5 Å². The van der Waals surface area contributed by atoms with Crippen LogP contribution in [0.2, 0.25) is 4.34 Å². The first-order chi connectivity index (χ1) is 12.7. The molecule has 0 aliphatic carbocycles. The van der Waals surface area contributed by atoms with Crippen LogP contribution in [0.15, 0.2) is 66.7 Å². The maximum Gasteiger partial charge on any atom is 0.262 e. The number of H-pyrrole nitrogens is 1. The van der Waals surface area contributed by atoms with Crippen molar-refractivity contribution >= 4 is 39.9 Å². The van der Waals surface area contributed by atoms with Gasteiger partial charge in [0.15, 0.2) is 0 Å². The molecule has 0 radical (unpaired) electrons. The van der Waals surface area contributed by atoms with Gasteiger partial charge in [-0.05, 0) is 36.2 Å². The Balaban J connectivity index is 1.65. The zero-order valence-electron chi connectivity index (χ0n) is 13.8. The summed E-state index contributed by atoms with van der Waals surface area (Å²) < 4.78 is 0.596. The number of aromatic amines is 1. The lowest BCUT2D eigenvalue weighted by Gasteiger charge is -2.16. The first-order valence-corrected chi connectivity index (χ1v) is 9.43. The number of carbonyl (C=O) groups is 1. The number of imidazole rings is 1. The van der Waals surface area contributed by atoms with E-state index in [1.165, 1.54) is 11.3 Å². The number of nitrogens with one attached hydrogen (secondary N) is 2. The van der Waals surface area contributed by atoms with E-state index in [1.807, 2.05) is 54.6 Å². The second-order valence-corrected chi connectivity index (χ2v) is 7.67. The molecule has 0 aliphatic rings. The van der Waals surface area contributed by atoms with E-state index >= 15 is 0 Å². The highest BCUT2D eigenvalue weighted by atomic mass is 35.5. The Kier molecular flexibility index (Phi) is 4.73. The third-order valence-electron chi connectivity index (χ3n) is 4.12. The highest BCUT2D eigenvalue weighted by Gasteiger charge is 2.20. The average molecular weight is 382 g/mol. The van der Waals surface area contributed by atoms with E-state index in [0.29, 0.717) is 15.6 Å². The lowest BCUT2D eigenvalue weighted by molar-refractivity contribution is 0.0939. The fourth-order valence-corrected chi connectivity index (χ4v) is 3.82. The van der Waals surface area contributed by atoms with Crippen LogP contribution in [-0.4, -0.2) is 15.9 Å². The molecule has 0 spiro atoms. The van der Waals surface area contributed by atoms with E-state index in [4.69, 9.17) is 11.6 Å². The smallest absolute Gasteiger partial charge is 0.262 e. The number of para-hydroxylation sites is 2. The number of thiophene rings is 1. The number of benzene rings is 2. The molecule has 4 rings (SSSR count). The van der Waals surface area contributed by atoms with Crippen LogP contribution in [0, 0.1) is 0 Å². The second kappa shape index (κ2) is 7.32. The predicted octanol–water partition coefficient (Wildman–Crippen LogP) is 4.99. The average Bonchev–Trinajstić information content (AvgIpc) is 3.28. The Morgan fingerprint density at radius 2 is 1.85 bits per heavy atom. The minimum atomic E-state index is -0.266. The molecule has 0 unspecified atom stereocenters. The van der Waals surface area contributed by atoms with Crippen molar-refractivity contribution in [2.75, 3.05) is 0 Å². The van der Waals surface area contributed by atoms with E-state index in [0.717, 1.165) is 22.4 Å². The topological polar surface area (TPSA) is 57.8 Å². The molecule has 26 heavy (non-hydrogen) atoms. The molecular formula is C20H16ClN3OS. The second-order valence-electron chi connectivity index (χ2n) is 5.96. The zero-order valence-corrected chi connectivity index (χ0v) is 15.3. The zero-order chi connectivity index (χ0) is 17.9. The van der Waals surface area contributed by atoms with E-state index in [1.54, 1.807) is 12.1 Å². The molecule has 1 atom stereocenters. The monoisotopic (exact) mass is 381 g/mol. The van der Waals surface area contributed by atoms with Crippen LogP contribution in [0.4, 0.5) is 0 Å². The van der Waals surface area contributed by atoms with Gasteiger partial charge < -0.3 is 10.3 Å². The van der Waals surface area contributed by atoms with Crippen molar-refractivity contribution in [2.24, 2.45) is 0 Å². The fourth-order valence-electron chi connectivity index (χ4n) is 2.87. The molecule has 0 saturated heterocycles. The summed E-state index contributed by atoms with van der Waals surface area (Å²) in [5.41, 5.74) is 2.96. The molecule has 2 aromatic carbocycles. The largest absolute Gasteiger partial charge is 0.341 e. The van der Waals surface area contributed by atoms with Gasteiger partial charge in [0, 0.05) is 0 Å². The number of amides is 1. The van der Waals surface area contributed by atoms with Crippen LogP contribution >= 0.6 is 22.9 Å². The minimum Gasteiger partial charge on any atom is -0.341 e. The van der Waals surface area contributed by atoms with E-state index < -0.39 is 0 Å². The predicted molar refractivity (Wildman–Crippen MR) is 106 cm³/mol. The molecule has 0 saturated carbocycles. The molecule has 2 aromatic heterocycles. The number of halogens is 1. The number of nitrogens with zero attached hydrogens (tertiary/aromatic N) is 1. The van der Waals surface area contributed by atoms with Gasteiger partial charge in [-0.1, -0.05) is 54.1 Å². The van der Waals surface area contributed by atoms with Crippen molar-refractivity contribution in [3.05, 3.63) is 87.3 Å². The van der Waals surface area contributed by atoms with Gasteiger partial charge in [0.05, 0.1) is 26.3 Å². The van der Waals surface area contributed by atoms with Gasteiger partial charge in [-0.2, -0.15) is 0 Å². The van der Waals surface area contributed by atoms with Gasteiger partial charge in [0.2, 0.25) is 0 Å². The summed E-state index contributed by atoms with van der Waals surface area (Å²) in [6.07, 6.45) is 0.644. The normalized spacial score (nSPS) is 12.2. The molecule has 6 heteroatoms. The highest BCUT2D eigenvalue weighted by molar-refractivity contribution is 7.18. The van der Waals surface area contributed by atoms with Crippen molar-refractivity contribution in [1.82, 2.24) is 15.3 Å². The van der Waals surface area contributed by atoms with Crippen LogP contribution in [0.5, 0.6) is 0 Å². The number of hydrogen-bond donors (Lipinski definition) is 2. The summed E-state index contributed by atoms with van der Waals surface area (Å²) in [5, 5.41) is 3.09. The molecule has 0 fully saturated rings. The molecule has 2 N–H and O–H groups in total. The van der Waals surface area contributed by atoms with Crippen molar-refractivity contribution in [3.63, 3.8) is 0 Å². The first kappa shape index (κ1) is 16.8. The number of carbonyl (C=O) groups excluding carboxylic acids is 1. The number of rotatable bonds is 5. The SMILES string of the molecule is O=C(N[C@@H](Cc1ccccc1)c1nc2ccccc2[nH]1)c1ccc(Cl)s1. The number of fused-ring (bicyclic) bond motifs is 1. The third-order valence-corrected chi connectivity index (χ3v) is 5.35. The maximum absolute atomic E-state index is 12.6. The molecule has 4 aromatic rings. The van der Waals surface area contributed by atoms with Crippen LogP contribution in [0.3, 0.4) is 0 Å². The Bertz CT molecular complexity index is 1010. The molecule has 2 heterocycles. The van der Waals surface area contributed by atoms with Crippen LogP contribution in [0.25, 0.3) is 11.0 Å². The molecule has 130 valence electrons. The fraction of sp³-hybridized carbons (Fsp3) is 0.100. The Hall–Kier alpha value is -2.63. The molecule has 1 amide bonds. The minimum absolute atomic E-state index is 0.150. The van der Waals surface area contributed by atoms with Gasteiger partial charge in [-0.15, -0.1) is 11.3 Å². The Morgan fingerprint density at radius 3 is 2.58 bits per heavy atom. The van der Waals surface area contributed by atoms with Crippen molar-refractivity contribution in [3.8, 4) is 0 Å².